The van der Waals surface area contributed by atoms with Gasteiger partial charge in [-0.15, -0.1) is 0 Å². The molecular weight excluding hydrogens is 278 g/mol. The second kappa shape index (κ2) is 6.38. The van der Waals surface area contributed by atoms with E-state index in [1.54, 1.807) is 4.90 Å². The van der Waals surface area contributed by atoms with Crippen molar-refractivity contribution in [1.82, 2.24) is 10.2 Å². The standard InChI is InChI=1S/C17H23N3O2/c1-13-5-7-15(8-6-13)20-12-14(11-16(20)21)18-17(22)19-9-3-2-4-10-19/h5-8,14H,2-4,9-12H2,1H3,(H,18,22)/t14-/m0/s1. The molecule has 22 heavy (non-hydrogen) atoms. The van der Waals surface area contributed by atoms with Crippen molar-refractivity contribution < 1.29 is 9.59 Å². The summed E-state index contributed by atoms with van der Waals surface area (Å²) in [6.45, 7) is 4.24. The zero-order chi connectivity index (χ0) is 15.5. The first kappa shape index (κ1) is 14.9. The SMILES string of the molecule is Cc1ccc(N2C[C@@H](NC(=O)N3CCCCC3)CC2=O)cc1. The third kappa shape index (κ3) is 3.24. The van der Waals surface area contributed by atoms with Crippen LogP contribution in [0.3, 0.4) is 0 Å². The van der Waals surface area contributed by atoms with E-state index < -0.39 is 0 Å². The van der Waals surface area contributed by atoms with Crippen molar-refractivity contribution >= 4 is 17.6 Å². The number of carbonyl (C=O) groups excluding carboxylic acids is 2. The first-order valence-electron chi connectivity index (χ1n) is 8.06. The molecule has 0 spiro atoms. The predicted molar refractivity (Wildman–Crippen MR) is 85.9 cm³/mol. The number of aryl methyl sites for hydroxylation is 1. The summed E-state index contributed by atoms with van der Waals surface area (Å²) in [7, 11) is 0. The molecule has 0 saturated carbocycles. The number of likely N-dealkylation sites (tertiary alicyclic amines) is 1. The zero-order valence-corrected chi connectivity index (χ0v) is 13.0. The number of nitrogens with zero attached hydrogens (tertiary/aromatic N) is 2. The molecule has 1 N–H and O–H groups in total. The number of amides is 3. The number of hydrogen-bond acceptors (Lipinski definition) is 2. The molecule has 1 atom stereocenters. The van der Waals surface area contributed by atoms with E-state index in [2.05, 4.69) is 5.32 Å². The molecule has 2 aliphatic rings. The molecule has 2 fully saturated rings. The van der Waals surface area contributed by atoms with E-state index in [0.29, 0.717) is 13.0 Å². The second-order valence-electron chi connectivity index (χ2n) is 6.24. The molecule has 2 saturated heterocycles. The summed E-state index contributed by atoms with van der Waals surface area (Å²) in [5.41, 5.74) is 2.08. The number of piperidine rings is 1. The van der Waals surface area contributed by atoms with Gasteiger partial charge < -0.3 is 15.1 Å². The molecular formula is C17H23N3O2. The Bertz CT molecular complexity index is 550. The highest BCUT2D eigenvalue weighted by molar-refractivity contribution is 5.96. The van der Waals surface area contributed by atoms with Crippen LogP contribution in [-0.4, -0.2) is 42.5 Å². The van der Waals surface area contributed by atoms with Crippen LogP contribution in [0.15, 0.2) is 24.3 Å². The Hall–Kier alpha value is -2.04. The average molecular weight is 301 g/mol. The van der Waals surface area contributed by atoms with Gasteiger partial charge in [-0.2, -0.15) is 0 Å². The highest BCUT2D eigenvalue weighted by atomic mass is 16.2. The van der Waals surface area contributed by atoms with Gasteiger partial charge in [0.2, 0.25) is 5.91 Å². The molecule has 0 unspecified atom stereocenters. The van der Waals surface area contributed by atoms with Crippen LogP contribution >= 0.6 is 0 Å². The third-order valence-corrected chi connectivity index (χ3v) is 4.44. The number of rotatable bonds is 2. The lowest BCUT2D eigenvalue weighted by atomic mass is 10.1. The molecule has 5 heteroatoms. The molecule has 0 bridgehead atoms. The summed E-state index contributed by atoms with van der Waals surface area (Å²) in [6.07, 6.45) is 3.74. The molecule has 0 aromatic heterocycles. The van der Waals surface area contributed by atoms with Gasteiger partial charge in [0.15, 0.2) is 0 Å². The number of nitrogens with one attached hydrogen (secondary N) is 1. The first-order chi connectivity index (χ1) is 10.6. The predicted octanol–water partition coefficient (Wildman–Crippen LogP) is 2.30. The number of carbonyl (C=O) groups is 2. The van der Waals surface area contributed by atoms with Gasteiger partial charge >= 0.3 is 6.03 Å². The van der Waals surface area contributed by atoms with Crippen LogP contribution in [0, 0.1) is 6.92 Å². The van der Waals surface area contributed by atoms with E-state index in [1.165, 1.54) is 12.0 Å². The minimum atomic E-state index is -0.0942. The summed E-state index contributed by atoms with van der Waals surface area (Å²) in [5.74, 6) is 0.0767. The quantitative estimate of drug-likeness (QED) is 0.911. The van der Waals surface area contributed by atoms with Crippen LogP contribution in [0.5, 0.6) is 0 Å². The van der Waals surface area contributed by atoms with Crippen LogP contribution < -0.4 is 10.2 Å². The number of hydrogen-bond donors (Lipinski definition) is 1. The molecule has 3 rings (SSSR count). The Morgan fingerprint density at radius 3 is 2.50 bits per heavy atom. The Labute approximate surface area is 131 Å². The molecule has 2 aliphatic heterocycles. The first-order valence-corrected chi connectivity index (χ1v) is 8.06. The van der Waals surface area contributed by atoms with Crippen LogP contribution in [0.2, 0.25) is 0 Å². The van der Waals surface area contributed by atoms with Crippen molar-refractivity contribution in [3.05, 3.63) is 29.8 Å². The van der Waals surface area contributed by atoms with Gasteiger partial charge in [0, 0.05) is 31.7 Å². The maximum Gasteiger partial charge on any atom is 0.317 e. The summed E-state index contributed by atoms with van der Waals surface area (Å²) in [5, 5.41) is 3.01. The smallest absolute Gasteiger partial charge is 0.317 e. The van der Waals surface area contributed by atoms with Gasteiger partial charge in [-0.3, -0.25) is 4.79 Å². The van der Waals surface area contributed by atoms with Gasteiger partial charge in [0.25, 0.3) is 0 Å². The fourth-order valence-electron chi connectivity index (χ4n) is 3.14. The molecule has 1 aromatic carbocycles. The fraction of sp³-hybridized carbons (Fsp3) is 0.529. The van der Waals surface area contributed by atoms with E-state index in [9.17, 15) is 9.59 Å². The molecule has 118 valence electrons. The van der Waals surface area contributed by atoms with Crippen molar-refractivity contribution in [2.45, 2.75) is 38.6 Å². The lowest BCUT2D eigenvalue weighted by Gasteiger charge is -2.28. The Kier molecular flexibility index (Phi) is 4.32. The van der Waals surface area contributed by atoms with E-state index in [0.717, 1.165) is 31.6 Å². The summed E-state index contributed by atoms with van der Waals surface area (Å²) >= 11 is 0. The zero-order valence-electron chi connectivity index (χ0n) is 13.0. The number of urea groups is 1. The maximum absolute atomic E-state index is 12.2. The number of benzene rings is 1. The molecule has 0 radical (unpaired) electrons. The van der Waals surface area contributed by atoms with Crippen molar-refractivity contribution in [1.29, 1.82) is 0 Å². The monoisotopic (exact) mass is 301 g/mol. The van der Waals surface area contributed by atoms with Crippen molar-refractivity contribution in [2.75, 3.05) is 24.5 Å². The molecule has 2 heterocycles. The largest absolute Gasteiger partial charge is 0.333 e. The molecule has 0 aliphatic carbocycles. The minimum absolute atomic E-state index is 0.0248. The van der Waals surface area contributed by atoms with Crippen LogP contribution in [0.4, 0.5) is 10.5 Å². The van der Waals surface area contributed by atoms with Crippen molar-refractivity contribution in [3.8, 4) is 0 Å². The van der Waals surface area contributed by atoms with E-state index in [-0.39, 0.29) is 18.0 Å². The third-order valence-electron chi connectivity index (χ3n) is 4.44. The van der Waals surface area contributed by atoms with Gasteiger partial charge in [-0.05, 0) is 38.3 Å². The Morgan fingerprint density at radius 2 is 1.82 bits per heavy atom. The topological polar surface area (TPSA) is 52.7 Å². The highest BCUT2D eigenvalue weighted by Crippen LogP contribution is 2.22. The molecule has 1 aromatic rings. The fourth-order valence-corrected chi connectivity index (χ4v) is 3.14. The molecule has 5 nitrogen and oxygen atoms in total. The summed E-state index contributed by atoms with van der Waals surface area (Å²) < 4.78 is 0. The summed E-state index contributed by atoms with van der Waals surface area (Å²) in [4.78, 5) is 28.1. The average Bonchev–Trinajstić information content (AvgIpc) is 2.89. The highest BCUT2D eigenvalue weighted by Gasteiger charge is 2.32. The summed E-state index contributed by atoms with van der Waals surface area (Å²) in [6, 6.07) is 7.81. The minimum Gasteiger partial charge on any atom is -0.333 e. The number of anilines is 1. The maximum atomic E-state index is 12.2. The van der Waals surface area contributed by atoms with Gasteiger partial charge in [-0.25, -0.2) is 4.79 Å². The van der Waals surface area contributed by atoms with Crippen LogP contribution in [-0.2, 0) is 4.79 Å². The van der Waals surface area contributed by atoms with E-state index in [1.807, 2.05) is 36.1 Å². The van der Waals surface area contributed by atoms with E-state index in [4.69, 9.17) is 0 Å². The van der Waals surface area contributed by atoms with Gasteiger partial charge in [-0.1, -0.05) is 17.7 Å². The van der Waals surface area contributed by atoms with E-state index >= 15 is 0 Å². The van der Waals surface area contributed by atoms with Crippen molar-refractivity contribution in [3.63, 3.8) is 0 Å². The van der Waals surface area contributed by atoms with Gasteiger partial charge in [0.1, 0.15) is 0 Å². The van der Waals surface area contributed by atoms with Crippen molar-refractivity contribution in [2.24, 2.45) is 0 Å². The molecule has 3 amide bonds. The Balaban J connectivity index is 1.59. The van der Waals surface area contributed by atoms with Crippen LogP contribution in [0.25, 0.3) is 0 Å². The normalized spacial score (nSPS) is 22.0. The lowest BCUT2D eigenvalue weighted by molar-refractivity contribution is -0.117. The van der Waals surface area contributed by atoms with Gasteiger partial charge in [0.05, 0.1) is 6.04 Å². The second-order valence-corrected chi connectivity index (χ2v) is 6.24. The lowest BCUT2D eigenvalue weighted by Crippen LogP contribution is -2.47. The Morgan fingerprint density at radius 1 is 1.14 bits per heavy atom. The van der Waals surface area contributed by atoms with Crippen LogP contribution in [0.1, 0.15) is 31.2 Å².